The molecule has 0 atom stereocenters. The largest absolute Gasteiger partial charge is 0.359 e. The number of hydrogen-bond donors (Lipinski definition) is 1. The normalized spacial score (nSPS) is 7.92. The van der Waals surface area contributed by atoms with E-state index in [0.29, 0.717) is 5.56 Å². The van der Waals surface area contributed by atoms with Crippen LogP contribution in [0.1, 0.15) is 11.3 Å². The topological polar surface area (TPSA) is 79.8 Å². The highest BCUT2D eigenvalue weighted by atomic mass is 16.1. The Balaban J connectivity index is 3.00. The Bertz CT molecular complexity index is 434. The maximum Gasteiger partial charge on any atom is 0.293 e. The minimum Gasteiger partial charge on any atom is -0.359 e. The van der Waals surface area contributed by atoms with E-state index in [0.717, 1.165) is 0 Å². The van der Waals surface area contributed by atoms with Gasteiger partial charge in [-0.2, -0.15) is 5.26 Å². The highest BCUT2D eigenvalue weighted by Crippen LogP contribution is 1.97. The minimum atomic E-state index is -0.699. The fourth-order valence-electron chi connectivity index (χ4n) is 0.703. The number of carbonyl (C=O) groups excluding carboxylic acids is 1. The van der Waals surface area contributed by atoms with Crippen LogP contribution in [0.2, 0.25) is 0 Å². The van der Waals surface area contributed by atoms with Crippen molar-refractivity contribution in [3.8, 4) is 17.9 Å². The number of pyridine rings is 1. The van der Waals surface area contributed by atoms with Gasteiger partial charge in [0.2, 0.25) is 0 Å². The molecule has 1 rings (SSSR count). The lowest BCUT2D eigenvalue weighted by atomic mass is 10.2. The van der Waals surface area contributed by atoms with Crippen LogP contribution in [0, 0.1) is 23.2 Å². The van der Waals surface area contributed by atoms with Crippen molar-refractivity contribution in [2.24, 2.45) is 5.73 Å². The lowest BCUT2D eigenvalue weighted by Crippen LogP contribution is -2.06. The summed E-state index contributed by atoms with van der Waals surface area (Å²) in [5.41, 5.74) is 5.62. The number of rotatable bonds is 0. The molecule has 4 heteroatoms. The van der Waals surface area contributed by atoms with Gasteiger partial charge in [-0.15, -0.1) is 0 Å². The first kappa shape index (κ1) is 8.76. The lowest BCUT2D eigenvalue weighted by Gasteiger charge is -1.88. The Hall–Kier alpha value is -2.33. The summed E-state index contributed by atoms with van der Waals surface area (Å²) in [5, 5.41) is 8.49. The first-order chi connectivity index (χ1) is 6.22. The highest BCUT2D eigenvalue weighted by molar-refractivity contribution is 5.92. The third-order valence-corrected chi connectivity index (χ3v) is 1.20. The van der Waals surface area contributed by atoms with E-state index in [2.05, 4.69) is 16.8 Å². The molecule has 13 heavy (non-hydrogen) atoms. The van der Waals surface area contributed by atoms with Crippen molar-refractivity contribution in [2.75, 3.05) is 0 Å². The molecule has 0 saturated heterocycles. The number of primary amides is 1. The summed E-state index contributed by atoms with van der Waals surface area (Å²) < 4.78 is 0. The number of nitrogens with zero attached hydrogens (tertiary/aromatic N) is 2. The zero-order chi connectivity index (χ0) is 9.68. The highest BCUT2D eigenvalue weighted by Gasteiger charge is 1.92. The number of carbonyl (C=O) groups is 1. The van der Waals surface area contributed by atoms with E-state index in [1.165, 1.54) is 12.3 Å². The fraction of sp³-hybridized carbons (Fsp3) is 0. The molecule has 0 unspecified atom stereocenters. The quantitative estimate of drug-likeness (QED) is 0.548. The number of nitrogens with two attached hydrogens (primary N) is 1. The Morgan fingerprint density at radius 2 is 2.38 bits per heavy atom. The lowest BCUT2D eigenvalue weighted by molar-refractivity contribution is -0.112. The number of amides is 1. The van der Waals surface area contributed by atoms with Crippen molar-refractivity contribution in [1.82, 2.24) is 4.98 Å². The van der Waals surface area contributed by atoms with Gasteiger partial charge in [-0.1, -0.05) is 5.92 Å². The standard InChI is InChI=1S/C9H5N3O/c10-6-8-5-7(3-4-12-8)1-2-9(11)13/h3-5H,(H2,11,13). The second-order valence-corrected chi connectivity index (χ2v) is 2.16. The fourth-order valence-corrected chi connectivity index (χ4v) is 0.703. The number of hydrogen-bond acceptors (Lipinski definition) is 3. The predicted molar refractivity (Wildman–Crippen MR) is 45.0 cm³/mol. The van der Waals surface area contributed by atoms with Gasteiger partial charge in [0.05, 0.1) is 0 Å². The Kier molecular flexibility index (Phi) is 2.62. The van der Waals surface area contributed by atoms with Crippen LogP contribution in [0.5, 0.6) is 0 Å². The molecule has 0 saturated carbocycles. The van der Waals surface area contributed by atoms with Crippen LogP contribution in [-0.2, 0) is 4.79 Å². The molecular formula is C9H5N3O. The molecule has 0 aromatic carbocycles. The van der Waals surface area contributed by atoms with Gasteiger partial charge < -0.3 is 5.73 Å². The number of nitriles is 1. The first-order valence-electron chi connectivity index (χ1n) is 3.40. The van der Waals surface area contributed by atoms with Gasteiger partial charge in [-0.25, -0.2) is 4.98 Å². The summed E-state index contributed by atoms with van der Waals surface area (Å²) in [6.45, 7) is 0. The van der Waals surface area contributed by atoms with Crippen LogP contribution in [0.15, 0.2) is 18.3 Å². The molecule has 0 aliphatic rings. The molecule has 4 nitrogen and oxygen atoms in total. The summed E-state index contributed by atoms with van der Waals surface area (Å²) in [5.74, 6) is 3.97. The average molecular weight is 171 g/mol. The van der Waals surface area contributed by atoms with E-state index in [9.17, 15) is 4.79 Å². The van der Waals surface area contributed by atoms with Gasteiger partial charge in [0, 0.05) is 11.8 Å². The predicted octanol–water partition coefficient (Wildman–Crippen LogP) is -0.210. The number of aromatic nitrogens is 1. The van der Waals surface area contributed by atoms with E-state index in [1.807, 2.05) is 6.07 Å². The van der Waals surface area contributed by atoms with E-state index in [4.69, 9.17) is 11.0 Å². The smallest absolute Gasteiger partial charge is 0.293 e. The molecule has 0 aliphatic heterocycles. The second-order valence-electron chi connectivity index (χ2n) is 2.16. The van der Waals surface area contributed by atoms with E-state index < -0.39 is 5.91 Å². The molecule has 1 amide bonds. The summed E-state index contributed by atoms with van der Waals surface area (Å²) in [6, 6.07) is 4.94. The van der Waals surface area contributed by atoms with E-state index >= 15 is 0 Å². The summed E-state index contributed by atoms with van der Waals surface area (Å²) >= 11 is 0. The van der Waals surface area contributed by atoms with Crippen molar-refractivity contribution in [2.45, 2.75) is 0 Å². The molecule has 1 aromatic heterocycles. The van der Waals surface area contributed by atoms with Gasteiger partial charge >= 0.3 is 0 Å². The molecule has 0 fully saturated rings. The molecular weight excluding hydrogens is 166 g/mol. The second kappa shape index (κ2) is 3.89. The first-order valence-corrected chi connectivity index (χ1v) is 3.40. The maximum atomic E-state index is 10.3. The third kappa shape index (κ3) is 2.64. The molecule has 1 aromatic rings. The van der Waals surface area contributed by atoms with E-state index in [-0.39, 0.29) is 5.69 Å². The van der Waals surface area contributed by atoms with Crippen LogP contribution in [0.25, 0.3) is 0 Å². The minimum absolute atomic E-state index is 0.260. The average Bonchev–Trinajstić information content (AvgIpc) is 2.15. The SMILES string of the molecule is N#Cc1cc(C#CC(N)=O)ccn1. The van der Waals surface area contributed by atoms with Gasteiger partial charge in [-0.3, -0.25) is 4.79 Å². The summed E-state index contributed by atoms with van der Waals surface area (Å²) in [7, 11) is 0. The van der Waals surface area contributed by atoms with Crippen LogP contribution in [0.3, 0.4) is 0 Å². The van der Waals surface area contributed by atoms with Gasteiger partial charge in [0.1, 0.15) is 11.8 Å². The van der Waals surface area contributed by atoms with Crippen molar-refractivity contribution in [3.05, 3.63) is 29.6 Å². The zero-order valence-electron chi connectivity index (χ0n) is 6.61. The molecule has 1 heterocycles. The van der Waals surface area contributed by atoms with Gasteiger partial charge in [-0.05, 0) is 18.1 Å². The maximum absolute atomic E-state index is 10.3. The van der Waals surface area contributed by atoms with Crippen molar-refractivity contribution >= 4 is 5.91 Å². The molecule has 0 spiro atoms. The van der Waals surface area contributed by atoms with Crippen LogP contribution < -0.4 is 5.73 Å². The van der Waals surface area contributed by atoms with Crippen LogP contribution in [-0.4, -0.2) is 10.9 Å². The summed E-state index contributed by atoms with van der Waals surface area (Å²) in [6.07, 6.45) is 1.45. The van der Waals surface area contributed by atoms with E-state index in [1.54, 1.807) is 6.07 Å². The van der Waals surface area contributed by atoms with Crippen molar-refractivity contribution in [1.29, 1.82) is 5.26 Å². The van der Waals surface area contributed by atoms with Crippen LogP contribution in [0.4, 0.5) is 0 Å². The van der Waals surface area contributed by atoms with Crippen LogP contribution >= 0.6 is 0 Å². The van der Waals surface area contributed by atoms with Gasteiger partial charge in [0.25, 0.3) is 5.91 Å². The van der Waals surface area contributed by atoms with Gasteiger partial charge in [0.15, 0.2) is 0 Å². The third-order valence-electron chi connectivity index (χ3n) is 1.20. The summed E-state index contributed by atoms with van der Waals surface area (Å²) in [4.78, 5) is 14.0. The Labute approximate surface area is 75.0 Å². The molecule has 0 bridgehead atoms. The molecule has 2 N–H and O–H groups in total. The zero-order valence-corrected chi connectivity index (χ0v) is 6.61. The monoisotopic (exact) mass is 171 g/mol. The van der Waals surface area contributed by atoms with Crippen molar-refractivity contribution < 1.29 is 4.79 Å². The Morgan fingerprint density at radius 1 is 1.62 bits per heavy atom. The molecule has 62 valence electrons. The van der Waals surface area contributed by atoms with Crippen molar-refractivity contribution in [3.63, 3.8) is 0 Å². The molecule has 0 aliphatic carbocycles. The molecule has 0 radical (unpaired) electrons. The Morgan fingerprint density at radius 3 is 3.00 bits per heavy atom.